The molecule has 1 aliphatic carbocycles. The molecule has 0 radical (unpaired) electrons. The van der Waals surface area contributed by atoms with Crippen LogP contribution in [0.2, 0.25) is 5.02 Å². The highest BCUT2D eigenvalue weighted by Gasteiger charge is 2.29. The number of halogens is 1. The van der Waals surface area contributed by atoms with Gasteiger partial charge >= 0.3 is 0 Å². The highest BCUT2D eigenvalue weighted by Crippen LogP contribution is 2.41. The van der Waals surface area contributed by atoms with Crippen LogP contribution in [0.3, 0.4) is 0 Å². The maximum atomic E-state index is 13.7. The van der Waals surface area contributed by atoms with E-state index in [0.29, 0.717) is 62.8 Å². The van der Waals surface area contributed by atoms with Gasteiger partial charge in [0.15, 0.2) is 11.5 Å². The molecule has 0 spiro atoms. The molecule has 5 rings (SSSR count). The second kappa shape index (κ2) is 10.6. The van der Waals surface area contributed by atoms with Gasteiger partial charge in [-0.05, 0) is 44.2 Å². The zero-order chi connectivity index (χ0) is 27.0. The van der Waals surface area contributed by atoms with E-state index in [2.05, 4.69) is 10.5 Å². The molecule has 0 saturated heterocycles. The Morgan fingerprint density at radius 3 is 2.55 bits per heavy atom. The van der Waals surface area contributed by atoms with Crippen LogP contribution in [0.15, 0.2) is 39.6 Å². The molecule has 0 bridgehead atoms. The molecule has 2 heterocycles. The summed E-state index contributed by atoms with van der Waals surface area (Å²) < 4.78 is 23.4. The van der Waals surface area contributed by atoms with Crippen LogP contribution in [0.1, 0.15) is 43.9 Å². The summed E-state index contributed by atoms with van der Waals surface area (Å²) in [6.07, 6.45) is 3.67. The van der Waals surface area contributed by atoms with E-state index in [-0.39, 0.29) is 23.4 Å². The molecular formula is C28H30ClN3O6. The lowest BCUT2D eigenvalue weighted by atomic mass is 9.83. The lowest BCUT2D eigenvalue weighted by Crippen LogP contribution is -2.30. The first-order valence-corrected chi connectivity index (χ1v) is 12.9. The van der Waals surface area contributed by atoms with E-state index >= 15 is 0 Å². The molecule has 1 amide bonds. The molecule has 2 atom stereocenters. The molecule has 1 saturated carbocycles. The smallest absolute Gasteiger partial charge is 0.264 e. The van der Waals surface area contributed by atoms with Crippen LogP contribution in [0, 0.1) is 12.8 Å². The monoisotopic (exact) mass is 539 g/mol. The number of hydrogen-bond donors (Lipinski definition) is 1. The van der Waals surface area contributed by atoms with E-state index in [1.807, 2.05) is 16.7 Å². The average Bonchev–Trinajstić information content (AvgIpc) is 3.29. The molecule has 2 aromatic heterocycles. The number of methoxy groups -OCH3 is 3. The average molecular weight is 540 g/mol. The number of pyridine rings is 1. The second-order valence-corrected chi connectivity index (χ2v) is 10.0. The highest BCUT2D eigenvalue weighted by atomic mass is 35.5. The Kier molecular flexibility index (Phi) is 7.21. The summed E-state index contributed by atoms with van der Waals surface area (Å²) in [6, 6.07) is 8.86. The second-order valence-electron chi connectivity index (χ2n) is 9.62. The summed E-state index contributed by atoms with van der Waals surface area (Å²) in [5, 5.41) is 8.78. The van der Waals surface area contributed by atoms with E-state index in [1.54, 1.807) is 25.1 Å². The molecule has 38 heavy (non-hydrogen) atoms. The standard InChI is InChI=1S/C28H30ClN3O6/c1-15-24-26(31-38-15)25-19(29)9-6-10-20(25)32(28(24)34)18-8-5-7-16(11-18)12-23(33)30-17-13-21(35-2)27(37-4)22(14-17)36-3/h6,9-10,13-14,16,18H,5,7-8,11-12H2,1-4H3,(H,30,33)/t16-,18+/m1/s1. The molecule has 1 aliphatic rings. The third-order valence-corrected chi connectivity index (χ3v) is 7.64. The highest BCUT2D eigenvalue weighted by molar-refractivity contribution is 6.37. The van der Waals surface area contributed by atoms with Gasteiger partial charge in [0.05, 0.1) is 31.9 Å². The van der Waals surface area contributed by atoms with E-state index < -0.39 is 0 Å². The van der Waals surface area contributed by atoms with Crippen LogP contribution in [0.25, 0.3) is 21.8 Å². The third kappa shape index (κ3) is 4.55. The number of carbonyl (C=O) groups is 1. The number of carbonyl (C=O) groups excluding carboxylic acids is 1. The van der Waals surface area contributed by atoms with Crippen molar-refractivity contribution in [3.63, 3.8) is 0 Å². The number of aryl methyl sites for hydroxylation is 1. The van der Waals surface area contributed by atoms with Crippen LogP contribution in [-0.4, -0.2) is 37.0 Å². The van der Waals surface area contributed by atoms with E-state index in [0.717, 1.165) is 24.8 Å². The SMILES string of the molecule is COc1cc(NC(=O)C[C@@H]2CCC[C@H](n3c(=O)c4c(C)onc4c4c(Cl)cccc43)C2)cc(OC)c1OC. The van der Waals surface area contributed by atoms with Gasteiger partial charge in [-0.3, -0.25) is 9.59 Å². The Morgan fingerprint density at radius 1 is 1.13 bits per heavy atom. The van der Waals surface area contributed by atoms with Gasteiger partial charge in [0.1, 0.15) is 16.7 Å². The fraction of sp³-hybridized carbons (Fsp3) is 0.393. The molecule has 0 aliphatic heterocycles. The van der Waals surface area contributed by atoms with Crippen LogP contribution in [0.4, 0.5) is 5.69 Å². The van der Waals surface area contributed by atoms with Crippen molar-refractivity contribution in [1.82, 2.24) is 9.72 Å². The molecule has 2 aromatic carbocycles. The predicted octanol–water partition coefficient (Wildman–Crippen LogP) is 5.89. The molecule has 1 fully saturated rings. The van der Waals surface area contributed by atoms with Gasteiger partial charge in [-0.25, -0.2) is 0 Å². The van der Waals surface area contributed by atoms with Crippen molar-refractivity contribution >= 4 is 45.0 Å². The largest absolute Gasteiger partial charge is 0.493 e. The van der Waals surface area contributed by atoms with Crippen molar-refractivity contribution in [2.45, 2.75) is 45.1 Å². The predicted molar refractivity (Wildman–Crippen MR) is 146 cm³/mol. The minimum absolute atomic E-state index is 0.0742. The number of aromatic nitrogens is 2. The van der Waals surface area contributed by atoms with Gasteiger partial charge in [0.25, 0.3) is 5.56 Å². The fourth-order valence-electron chi connectivity index (χ4n) is 5.64. The first-order chi connectivity index (χ1) is 18.4. The number of amides is 1. The molecule has 9 nitrogen and oxygen atoms in total. The van der Waals surface area contributed by atoms with E-state index in [4.69, 9.17) is 30.3 Å². The summed E-state index contributed by atoms with van der Waals surface area (Å²) in [5.41, 5.74) is 1.64. The Morgan fingerprint density at radius 2 is 1.87 bits per heavy atom. The number of benzene rings is 2. The van der Waals surface area contributed by atoms with Crippen molar-refractivity contribution < 1.29 is 23.5 Å². The lowest BCUT2D eigenvalue weighted by Gasteiger charge is -2.31. The number of hydrogen-bond acceptors (Lipinski definition) is 7. The number of nitrogens with one attached hydrogen (secondary N) is 1. The Bertz CT molecular complexity index is 1550. The molecular weight excluding hydrogens is 510 g/mol. The van der Waals surface area contributed by atoms with Crippen molar-refractivity contribution in [3.05, 3.63) is 51.5 Å². The van der Waals surface area contributed by atoms with Gasteiger partial charge in [-0.2, -0.15) is 0 Å². The maximum Gasteiger partial charge on any atom is 0.264 e. The van der Waals surface area contributed by atoms with Crippen molar-refractivity contribution in [2.24, 2.45) is 5.92 Å². The number of ether oxygens (including phenoxy) is 3. The molecule has 200 valence electrons. The van der Waals surface area contributed by atoms with Crippen molar-refractivity contribution in [1.29, 1.82) is 0 Å². The minimum atomic E-state index is -0.138. The van der Waals surface area contributed by atoms with Crippen LogP contribution >= 0.6 is 11.6 Å². The fourth-order valence-corrected chi connectivity index (χ4v) is 5.90. The summed E-state index contributed by atoms with van der Waals surface area (Å²) >= 11 is 6.57. The summed E-state index contributed by atoms with van der Waals surface area (Å²) in [5.74, 6) is 1.85. The number of fused-ring (bicyclic) bond motifs is 3. The van der Waals surface area contributed by atoms with E-state index in [1.165, 1.54) is 21.3 Å². The van der Waals surface area contributed by atoms with Crippen LogP contribution < -0.4 is 25.1 Å². The van der Waals surface area contributed by atoms with Crippen molar-refractivity contribution in [2.75, 3.05) is 26.6 Å². The topological polar surface area (TPSA) is 105 Å². The number of rotatable bonds is 7. The quantitative estimate of drug-likeness (QED) is 0.312. The van der Waals surface area contributed by atoms with E-state index in [9.17, 15) is 9.59 Å². The zero-order valence-corrected chi connectivity index (χ0v) is 22.6. The zero-order valence-electron chi connectivity index (χ0n) is 21.8. The Labute approximate surface area is 224 Å². The van der Waals surface area contributed by atoms with Gasteiger partial charge in [-0.15, -0.1) is 0 Å². The first kappa shape index (κ1) is 25.9. The van der Waals surface area contributed by atoms with Crippen molar-refractivity contribution in [3.8, 4) is 17.2 Å². The lowest BCUT2D eigenvalue weighted by molar-refractivity contribution is -0.117. The first-order valence-electron chi connectivity index (χ1n) is 12.5. The Balaban J connectivity index is 1.40. The number of nitrogens with zero attached hydrogens (tertiary/aromatic N) is 2. The van der Waals surface area contributed by atoms with Gasteiger partial charge < -0.3 is 28.6 Å². The summed E-state index contributed by atoms with van der Waals surface area (Å²) in [7, 11) is 4.59. The summed E-state index contributed by atoms with van der Waals surface area (Å²) in [4.78, 5) is 26.7. The van der Waals surface area contributed by atoms with Crippen LogP contribution in [-0.2, 0) is 4.79 Å². The number of anilines is 1. The molecule has 4 aromatic rings. The normalized spacial score (nSPS) is 17.5. The summed E-state index contributed by atoms with van der Waals surface area (Å²) in [6.45, 7) is 1.74. The molecule has 1 N–H and O–H groups in total. The van der Waals surface area contributed by atoms with Gasteiger partial charge in [-0.1, -0.05) is 29.2 Å². The molecule has 10 heteroatoms. The van der Waals surface area contributed by atoms with Gasteiger partial charge in [0.2, 0.25) is 11.7 Å². The minimum Gasteiger partial charge on any atom is -0.493 e. The third-order valence-electron chi connectivity index (χ3n) is 7.33. The molecule has 0 unspecified atom stereocenters. The maximum absolute atomic E-state index is 13.7. The van der Waals surface area contributed by atoms with Gasteiger partial charge in [0, 0.05) is 35.7 Å². The van der Waals surface area contributed by atoms with Crippen LogP contribution in [0.5, 0.6) is 17.2 Å². The Hall–Kier alpha value is -3.72.